The Bertz CT molecular complexity index is 1330. The van der Waals surface area contributed by atoms with Crippen LogP contribution in [0.25, 0.3) is 0 Å². The van der Waals surface area contributed by atoms with Crippen LogP contribution in [0, 0.1) is 0 Å². The molecule has 5 rings (SSSR count). The molecule has 0 aliphatic carbocycles. The fraction of sp³-hybridized carbons (Fsp3) is 0.375. The second kappa shape index (κ2) is 11.5. The van der Waals surface area contributed by atoms with Crippen LogP contribution in [0.15, 0.2) is 83.9 Å². The number of hydrogen-bond donors (Lipinski definition) is 0. The first-order valence-corrected chi connectivity index (χ1v) is 13.9. The van der Waals surface area contributed by atoms with E-state index in [0.717, 1.165) is 74.5 Å². The van der Waals surface area contributed by atoms with Gasteiger partial charge in [-0.25, -0.2) is 4.99 Å². The number of halogens is 3. The lowest BCUT2D eigenvalue weighted by Gasteiger charge is -2.36. The number of aliphatic imine (C=N–C) groups is 1. The van der Waals surface area contributed by atoms with Crippen LogP contribution in [0.2, 0.25) is 0 Å². The molecule has 2 heterocycles. The summed E-state index contributed by atoms with van der Waals surface area (Å²) >= 11 is 0. The van der Waals surface area contributed by atoms with Crippen molar-refractivity contribution in [1.82, 2.24) is 9.80 Å². The first-order valence-electron chi connectivity index (χ1n) is 13.9. The Morgan fingerprint density at radius 2 is 1.50 bits per heavy atom. The van der Waals surface area contributed by atoms with Crippen LogP contribution in [0.1, 0.15) is 42.5 Å². The highest BCUT2D eigenvalue weighted by atomic mass is 19.4. The van der Waals surface area contributed by atoms with E-state index in [4.69, 9.17) is 4.99 Å². The predicted octanol–water partition coefficient (Wildman–Crippen LogP) is 5.98. The summed E-state index contributed by atoms with van der Waals surface area (Å²) in [7, 11) is 0. The van der Waals surface area contributed by atoms with E-state index >= 15 is 0 Å². The van der Waals surface area contributed by atoms with Crippen molar-refractivity contribution in [2.75, 3.05) is 44.2 Å². The normalized spacial score (nSPS) is 20.2. The van der Waals surface area contributed by atoms with Crippen LogP contribution in [-0.2, 0) is 22.9 Å². The van der Waals surface area contributed by atoms with Crippen LogP contribution >= 0.6 is 0 Å². The molecule has 0 saturated carbocycles. The number of piperazine rings is 1. The largest absolute Gasteiger partial charge is 0.416 e. The Labute approximate surface area is 233 Å². The van der Waals surface area contributed by atoms with Crippen LogP contribution in [0.5, 0.6) is 0 Å². The van der Waals surface area contributed by atoms with Gasteiger partial charge in [0.25, 0.3) is 5.91 Å². The summed E-state index contributed by atoms with van der Waals surface area (Å²) in [5.41, 5.74) is 2.28. The molecule has 1 atom stereocenters. The maximum atomic E-state index is 13.8. The summed E-state index contributed by atoms with van der Waals surface area (Å²) in [6.45, 7) is 8.53. The molecule has 3 aromatic carbocycles. The zero-order chi connectivity index (χ0) is 28.3. The number of rotatable bonds is 8. The quantitative estimate of drug-likeness (QED) is 0.348. The van der Waals surface area contributed by atoms with Gasteiger partial charge in [0.2, 0.25) is 0 Å². The molecule has 0 N–H and O–H groups in total. The number of benzene rings is 3. The Kier molecular flexibility index (Phi) is 7.99. The van der Waals surface area contributed by atoms with Crippen molar-refractivity contribution in [3.05, 3.63) is 101 Å². The molecule has 0 bridgehead atoms. The van der Waals surface area contributed by atoms with E-state index < -0.39 is 17.3 Å². The maximum absolute atomic E-state index is 13.8. The average Bonchev–Trinajstić information content (AvgIpc) is 3.24. The Balaban J connectivity index is 1.22. The van der Waals surface area contributed by atoms with Crippen molar-refractivity contribution in [2.45, 2.75) is 38.4 Å². The van der Waals surface area contributed by atoms with Crippen molar-refractivity contribution in [3.8, 4) is 0 Å². The zero-order valence-corrected chi connectivity index (χ0v) is 23.0. The number of amidine groups is 1. The van der Waals surface area contributed by atoms with Gasteiger partial charge >= 0.3 is 6.18 Å². The van der Waals surface area contributed by atoms with Gasteiger partial charge in [-0.15, -0.1) is 0 Å². The van der Waals surface area contributed by atoms with Crippen LogP contribution in [0.4, 0.5) is 18.9 Å². The first-order chi connectivity index (χ1) is 19.2. The van der Waals surface area contributed by atoms with Gasteiger partial charge in [0.15, 0.2) is 5.54 Å². The summed E-state index contributed by atoms with van der Waals surface area (Å²) in [6.07, 6.45) is -2.58. The minimum atomic E-state index is -4.32. The molecule has 5 nitrogen and oxygen atoms in total. The molecule has 1 fully saturated rings. The lowest BCUT2D eigenvalue weighted by molar-refractivity contribution is -0.137. The van der Waals surface area contributed by atoms with Crippen molar-refractivity contribution in [3.63, 3.8) is 0 Å². The van der Waals surface area contributed by atoms with Crippen LogP contribution in [0.3, 0.4) is 0 Å². The van der Waals surface area contributed by atoms with E-state index in [1.165, 1.54) is 5.56 Å². The van der Waals surface area contributed by atoms with Gasteiger partial charge in [-0.3, -0.25) is 14.6 Å². The molecule has 2 aliphatic rings. The van der Waals surface area contributed by atoms with Crippen molar-refractivity contribution in [2.24, 2.45) is 4.99 Å². The average molecular weight is 549 g/mol. The number of carbonyl (C=O) groups excluding carboxylic acids is 1. The van der Waals surface area contributed by atoms with Crippen molar-refractivity contribution in [1.29, 1.82) is 0 Å². The topological polar surface area (TPSA) is 39.2 Å². The Morgan fingerprint density at radius 1 is 0.850 bits per heavy atom. The van der Waals surface area contributed by atoms with Gasteiger partial charge in [-0.2, -0.15) is 13.2 Å². The maximum Gasteiger partial charge on any atom is 0.416 e. The van der Waals surface area contributed by atoms with Gasteiger partial charge in [-0.1, -0.05) is 61.5 Å². The molecule has 0 aromatic heterocycles. The summed E-state index contributed by atoms with van der Waals surface area (Å²) in [6, 6.07) is 23.4. The molecule has 1 saturated heterocycles. The van der Waals surface area contributed by atoms with Crippen LogP contribution < -0.4 is 4.90 Å². The van der Waals surface area contributed by atoms with E-state index in [-0.39, 0.29) is 5.91 Å². The highest BCUT2D eigenvalue weighted by Crippen LogP contribution is 2.35. The fourth-order valence-electron chi connectivity index (χ4n) is 5.49. The lowest BCUT2D eigenvalue weighted by Crippen LogP contribution is -2.47. The molecule has 1 amide bonds. The minimum absolute atomic E-state index is 0.0135. The monoisotopic (exact) mass is 548 g/mol. The lowest BCUT2D eigenvalue weighted by atomic mass is 9.92. The second-order valence-corrected chi connectivity index (χ2v) is 10.6. The standard InChI is InChI=1S/C32H35F3N4O/c1-3-24-10-12-25(13-11-24)29-36-31(2,26-8-5-4-6-9-26)30(40)39(29)19-7-18-37-20-22-38(23-21-37)28-16-14-27(15-17-28)32(33,34)35/h4-6,8-17H,3,7,18-23H2,1-2H3. The predicted molar refractivity (Wildman–Crippen MR) is 153 cm³/mol. The molecular formula is C32H35F3N4O. The van der Waals surface area contributed by atoms with E-state index in [9.17, 15) is 18.0 Å². The van der Waals surface area contributed by atoms with Crippen LogP contribution in [-0.4, -0.2) is 60.8 Å². The highest BCUT2D eigenvalue weighted by Gasteiger charge is 2.46. The third-order valence-corrected chi connectivity index (χ3v) is 7.99. The number of anilines is 1. The molecule has 8 heteroatoms. The summed E-state index contributed by atoms with van der Waals surface area (Å²) in [5.74, 6) is 0.700. The molecule has 2 aliphatic heterocycles. The summed E-state index contributed by atoms with van der Waals surface area (Å²) < 4.78 is 38.7. The third-order valence-electron chi connectivity index (χ3n) is 7.99. The van der Waals surface area contributed by atoms with Crippen molar-refractivity contribution >= 4 is 17.4 Å². The van der Waals surface area contributed by atoms with E-state index in [1.54, 1.807) is 12.1 Å². The number of alkyl halides is 3. The highest BCUT2D eigenvalue weighted by molar-refractivity contribution is 6.15. The Morgan fingerprint density at radius 3 is 2.10 bits per heavy atom. The fourth-order valence-corrected chi connectivity index (χ4v) is 5.49. The molecule has 0 spiro atoms. The van der Waals surface area contributed by atoms with Gasteiger partial charge in [0, 0.05) is 44.0 Å². The first kappa shape index (κ1) is 27.9. The molecule has 210 valence electrons. The zero-order valence-electron chi connectivity index (χ0n) is 23.0. The second-order valence-electron chi connectivity index (χ2n) is 10.6. The molecule has 1 unspecified atom stereocenters. The number of aryl methyl sites for hydroxylation is 1. The summed E-state index contributed by atoms with van der Waals surface area (Å²) in [5, 5.41) is 0. The van der Waals surface area contributed by atoms with E-state index in [1.807, 2.05) is 42.2 Å². The SMILES string of the molecule is CCc1ccc(C2=NC(C)(c3ccccc3)C(=O)N2CCCN2CCN(c3ccc(C(F)(F)F)cc3)CC2)cc1. The number of carbonyl (C=O) groups is 1. The van der Waals surface area contributed by atoms with Crippen molar-refractivity contribution < 1.29 is 18.0 Å². The Hall–Kier alpha value is -3.65. The van der Waals surface area contributed by atoms with Gasteiger partial charge in [-0.05, 0) is 61.7 Å². The van der Waals surface area contributed by atoms with Gasteiger partial charge in [0.1, 0.15) is 5.84 Å². The molecular weight excluding hydrogens is 513 g/mol. The number of nitrogens with zero attached hydrogens (tertiary/aromatic N) is 4. The van der Waals surface area contributed by atoms with E-state index in [0.29, 0.717) is 12.4 Å². The molecule has 0 radical (unpaired) electrons. The minimum Gasteiger partial charge on any atom is -0.369 e. The number of hydrogen-bond acceptors (Lipinski definition) is 4. The van der Waals surface area contributed by atoms with Gasteiger partial charge in [0.05, 0.1) is 5.56 Å². The third kappa shape index (κ3) is 5.77. The summed E-state index contributed by atoms with van der Waals surface area (Å²) in [4.78, 5) is 25.1. The van der Waals surface area contributed by atoms with E-state index in [2.05, 4.69) is 41.0 Å². The molecule has 40 heavy (non-hydrogen) atoms. The smallest absolute Gasteiger partial charge is 0.369 e. The molecule has 3 aromatic rings. The number of amides is 1. The van der Waals surface area contributed by atoms with Gasteiger partial charge < -0.3 is 4.90 Å².